The molecular formula is C19H21N3O2S. The Morgan fingerprint density at radius 1 is 1.16 bits per heavy atom. The first-order valence-electron chi connectivity index (χ1n) is 8.15. The third kappa shape index (κ3) is 3.97. The van der Waals surface area contributed by atoms with E-state index in [1.54, 1.807) is 12.3 Å². The van der Waals surface area contributed by atoms with Gasteiger partial charge in [0, 0.05) is 18.1 Å². The number of imidazole rings is 1. The fraction of sp³-hybridized carbons (Fsp3) is 0.211. The van der Waals surface area contributed by atoms with Crippen LogP contribution in [0.2, 0.25) is 0 Å². The van der Waals surface area contributed by atoms with E-state index in [9.17, 15) is 8.42 Å². The number of sulfonamides is 1. The van der Waals surface area contributed by atoms with E-state index in [0.29, 0.717) is 6.54 Å². The van der Waals surface area contributed by atoms with Gasteiger partial charge in [-0.05, 0) is 30.7 Å². The molecule has 0 aliphatic heterocycles. The standard InChI is InChI=1S/C19H21N3O2S/c1-3-21(15-18-14-20-19-6-4-5-12-22(18)19)25(23,24)13-11-17-9-7-16(2)8-10-17/h4-14H,3,15H2,1-2H3. The lowest BCUT2D eigenvalue weighted by molar-refractivity contribution is 0.425. The van der Waals surface area contributed by atoms with E-state index in [1.165, 1.54) is 9.71 Å². The molecule has 130 valence electrons. The molecule has 6 heteroatoms. The fourth-order valence-corrected chi connectivity index (χ4v) is 3.77. The van der Waals surface area contributed by atoms with Crippen LogP contribution in [0.25, 0.3) is 11.7 Å². The topological polar surface area (TPSA) is 54.7 Å². The molecule has 0 radical (unpaired) electrons. The molecule has 0 amide bonds. The predicted octanol–water partition coefficient (Wildman–Crippen LogP) is 3.47. The molecule has 3 rings (SSSR count). The molecule has 2 aromatic heterocycles. The van der Waals surface area contributed by atoms with Crippen molar-refractivity contribution in [3.05, 3.63) is 77.1 Å². The van der Waals surface area contributed by atoms with Crippen LogP contribution in [0.15, 0.2) is 60.3 Å². The molecule has 0 saturated carbocycles. The number of hydrogen-bond donors (Lipinski definition) is 0. The van der Waals surface area contributed by atoms with Gasteiger partial charge in [0.25, 0.3) is 0 Å². The average molecular weight is 355 g/mol. The highest BCUT2D eigenvalue weighted by molar-refractivity contribution is 7.92. The number of aromatic nitrogens is 2. The third-order valence-corrected chi connectivity index (χ3v) is 5.64. The van der Waals surface area contributed by atoms with Crippen LogP contribution < -0.4 is 0 Å². The first kappa shape index (κ1) is 17.4. The second-order valence-electron chi connectivity index (χ2n) is 5.86. The maximum Gasteiger partial charge on any atom is 0.236 e. The smallest absolute Gasteiger partial charge is 0.236 e. The molecule has 2 heterocycles. The van der Waals surface area contributed by atoms with Gasteiger partial charge in [-0.1, -0.05) is 42.8 Å². The summed E-state index contributed by atoms with van der Waals surface area (Å²) >= 11 is 0. The van der Waals surface area contributed by atoms with Gasteiger partial charge in [-0.15, -0.1) is 0 Å². The zero-order valence-electron chi connectivity index (χ0n) is 14.3. The quantitative estimate of drug-likeness (QED) is 0.680. The summed E-state index contributed by atoms with van der Waals surface area (Å²) in [5.74, 6) is 0. The van der Waals surface area contributed by atoms with Crippen molar-refractivity contribution >= 4 is 21.7 Å². The zero-order chi connectivity index (χ0) is 17.9. The van der Waals surface area contributed by atoms with Crippen molar-refractivity contribution in [1.29, 1.82) is 0 Å². The molecule has 1 aromatic carbocycles. The minimum Gasteiger partial charge on any atom is -0.303 e. The highest BCUT2D eigenvalue weighted by atomic mass is 32.2. The van der Waals surface area contributed by atoms with Crippen molar-refractivity contribution in [2.24, 2.45) is 0 Å². The summed E-state index contributed by atoms with van der Waals surface area (Å²) in [6, 6.07) is 13.4. The van der Waals surface area contributed by atoms with Gasteiger partial charge in [0.2, 0.25) is 10.0 Å². The Hall–Kier alpha value is -2.44. The Bertz CT molecular complexity index is 989. The summed E-state index contributed by atoms with van der Waals surface area (Å²) in [5, 5.41) is 1.27. The number of rotatable bonds is 6. The van der Waals surface area contributed by atoms with E-state index in [-0.39, 0.29) is 6.54 Å². The second-order valence-corrected chi connectivity index (χ2v) is 7.68. The van der Waals surface area contributed by atoms with Gasteiger partial charge in [-0.25, -0.2) is 13.4 Å². The molecule has 25 heavy (non-hydrogen) atoms. The molecule has 0 N–H and O–H groups in total. The summed E-state index contributed by atoms with van der Waals surface area (Å²) in [6.45, 7) is 4.50. The largest absolute Gasteiger partial charge is 0.303 e. The molecule has 0 aliphatic rings. The van der Waals surface area contributed by atoms with Crippen LogP contribution in [0.3, 0.4) is 0 Å². The number of benzene rings is 1. The Kier molecular flexibility index (Phi) is 5.01. The molecular weight excluding hydrogens is 334 g/mol. The first-order chi connectivity index (χ1) is 12.0. The maximum absolute atomic E-state index is 12.7. The lowest BCUT2D eigenvalue weighted by atomic mass is 10.2. The second kappa shape index (κ2) is 7.21. The van der Waals surface area contributed by atoms with Crippen LogP contribution in [0.4, 0.5) is 0 Å². The van der Waals surface area contributed by atoms with E-state index >= 15 is 0 Å². The van der Waals surface area contributed by atoms with Crippen LogP contribution in [-0.2, 0) is 16.6 Å². The summed E-state index contributed by atoms with van der Waals surface area (Å²) in [7, 11) is -3.51. The van der Waals surface area contributed by atoms with Crippen LogP contribution >= 0.6 is 0 Å². The summed E-state index contributed by atoms with van der Waals surface area (Å²) < 4.78 is 28.7. The minimum atomic E-state index is -3.51. The van der Waals surface area contributed by atoms with Crippen molar-refractivity contribution in [1.82, 2.24) is 13.7 Å². The number of hydrogen-bond acceptors (Lipinski definition) is 3. The molecule has 0 aliphatic carbocycles. The van der Waals surface area contributed by atoms with Crippen LogP contribution in [0, 0.1) is 6.92 Å². The summed E-state index contributed by atoms with van der Waals surface area (Å²) in [4.78, 5) is 4.31. The van der Waals surface area contributed by atoms with E-state index < -0.39 is 10.0 Å². The number of pyridine rings is 1. The van der Waals surface area contributed by atoms with Crippen LogP contribution in [-0.4, -0.2) is 28.7 Å². The molecule has 0 unspecified atom stereocenters. The highest BCUT2D eigenvalue weighted by Gasteiger charge is 2.19. The van der Waals surface area contributed by atoms with Crippen molar-refractivity contribution in [2.75, 3.05) is 6.54 Å². The SMILES string of the molecule is CCN(Cc1cnc2ccccn12)S(=O)(=O)C=Cc1ccc(C)cc1. The van der Waals surface area contributed by atoms with Crippen molar-refractivity contribution < 1.29 is 8.42 Å². The Labute approximate surface area is 148 Å². The van der Waals surface area contributed by atoms with E-state index in [1.807, 2.05) is 66.9 Å². The van der Waals surface area contributed by atoms with Crippen molar-refractivity contribution in [3.8, 4) is 0 Å². The summed E-state index contributed by atoms with van der Waals surface area (Å²) in [6.07, 6.45) is 5.24. The van der Waals surface area contributed by atoms with Gasteiger partial charge >= 0.3 is 0 Å². The normalized spacial score (nSPS) is 12.4. The number of aryl methyl sites for hydroxylation is 1. The van der Waals surface area contributed by atoms with Gasteiger partial charge in [-0.2, -0.15) is 4.31 Å². The molecule has 0 fully saturated rings. The molecule has 0 atom stereocenters. The fourth-order valence-electron chi connectivity index (χ4n) is 2.59. The minimum absolute atomic E-state index is 0.280. The molecule has 0 saturated heterocycles. The lowest BCUT2D eigenvalue weighted by Gasteiger charge is -2.18. The van der Waals surface area contributed by atoms with Gasteiger partial charge in [0.1, 0.15) is 5.65 Å². The van der Waals surface area contributed by atoms with Crippen molar-refractivity contribution in [3.63, 3.8) is 0 Å². The Morgan fingerprint density at radius 2 is 1.92 bits per heavy atom. The molecule has 3 aromatic rings. The number of nitrogens with zero attached hydrogens (tertiary/aromatic N) is 3. The third-order valence-electron chi connectivity index (χ3n) is 4.05. The van der Waals surface area contributed by atoms with E-state index in [2.05, 4.69) is 4.98 Å². The zero-order valence-corrected chi connectivity index (χ0v) is 15.1. The van der Waals surface area contributed by atoms with E-state index in [4.69, 9.17) is 0 Å². The monoisotopic (exact) mass is 355 g/mol. The first-order valence-corrected chi connectivity index (χ1v) is 9.66. The van der Waals surface area contributed by atoms with Crippen LogP contribution in [0.1, 0.15) is 23.7 Å². The molecule has 5 nitrogen and oxygen atoms in total. The maximum atomic E-state index is 12.7. The predicted molar refractivity (Wildman–Crippen MR) is 100 cm³/mol. The van der Waals surface area contributed by atoms with Gasteiger partial charge in [0.05, 0.1) is 18.4 Å². The van der Waals surface area contributed by atoms with E-state index in [0.717, 1.165) is 22.5 Å². The highest BCUT2D eigenvalue weighted by Crippen LogP contribution is 2.14. The van der Waals surface area contributed by atoms with Gasteiger partial charge in [0.15, 0.2) is 0 Å². The van der Waals surface area contributed by atoms with Gasteiger partial charge < -0.3 is 4.40 Å². The lowest BCUT2D eigenvalue weighted by Crippen LogP contribution is -2.29. The van der Waals surface area contributed by atoms with Gasteiger partial charge in [-0.3, -0.25) is 0 Å². The Morgan fingerprint density at radius 3 is 2.64 bits per heavy atom. The molecule has 0 spiro atoms. The Balaban J connectivity index is 1.82. The van der Waals surface area contributed by atoms with Crippen LogP contribution in [0.5, 0.6) is 0 Å². The number of fused-ring (bicyclic) bond motifs is 1. The molecule has 0 bridgehead atoms. The average Bonchev–Trinajstić information content (AvgIpc) is 3.02. The summed E-state index contributed by atoms with van der Waals surface area (Å²) in [5.41, 5.74) is 3.65. The van der Waals surface area contributed by atoms with Crippen molar-refractivity contribution in [2.45, 2.75) is 20.4 Å².